The Hall–Kier alpha value is -1.55. The topological polar surface area (TPSA) is 131 Å². The molecule has 1 heterocycles. The highest BCUT2D eigenvalue weighted by Gasteiger charge is 2.41. The highest BCUT2D eigenvalue weighted by atomic mass is 19.1. The van der Waals surface area contributed by atoms with E-state index in [4.69, 9.17) is 10.5 Å². The third-order valence-electron chi connectivity index (χ3n) is 3.31. The molecule has 0 saturated heterocycles. The largest absolute Gasteiger partial charge is 0.393 e. The van der Waals surface area contributed by atoms with Crippen LogP contribution < -0.4 is 11.4 Å². The van der Waals surface area contributed by atoms with Gasteiger partial charge in [0.1, 0.15) is 11.7 Å². The van der Waals surface area contributed by atoms with Crippen LogP contribution in [-0.4, -0.2) is 50.3 Å². The number of rotatable bonds is 6. The van der Waals surface area contributed by atoms with Gasteiger partial charge < -0.3 is 25.8 Å². The van der Waals surface area contributed by atoms with Crippen LogP contribution in [0.5, 0.6) is 0 Å². The summed E-state index contributed by atoms with van der Waals surface area (Å²) in [7, 11) is 1.24. The number of anilines is 1. The van der Waals surface area contributed by atoms with E-state index in [1.807, 2.05) is 0 Å². The zero-order chi connectivity index (χ0) is 15.5. The second-order valence-corrected chi connectivity index (χ2v) is 4.30. The van der Waals surface area contributed by atoms with Crippen LogP contribution in [0.4, 0.5) is 10.2 Å². The van der Waals surface area contributed by atoms with E-state index in [0.29, 0.717) is 10.8 Å². The van der Waals surface area contributed by atoms with E-state index in [2.05, 4.69) is 4.98 Å². The Morgan fingerprint density at radius 3 is 2.65 bits per heavy atom. The Bertz CT molecular complexity index is 509. The minimum absolute atomic E-state index is 0.151. The van der Waals surface area contributed by atoms with Gasteiger partial charge in [0.05, 0.1) is 12.8 Å². The predicted molar refractivity (Wildman–Crippen MR) is 67.2 cm³/mol. The predicted octanol–water partition coefficient (Wildman–Crippen LogP) is -1.40. The zero-order valence-corrected chi connectivity index (χ0v) is 11.2. The lowest BCUT2D eigenvalue weighted by atomic mass is 9.93. The number of aliphatic hydroxyl groups excluding tert-OH is 3. The molecule has 0 aliphatic heterocycles. The molecule has 1 aromatic heterocycles. The van der Waals surface area contributed by atoms with E-state index >= 15 is 0 Å². The molecule has 0 bridgehead atoms. The summed E-state index contributed by atoms with van der Waals surface area (Å²) in [5, 5.41) is 29.4. The first-order chi connectivity index (χ1) is 9.32. The van der Waals surface area contributed by atoms with Crippen LogP contribution in [0.3, 0.4) is 0 Å². The summed E-state index contributed by atoms with van der Waals surface area (Å²) in [6.45, 7) is 1.01. The molecule has 1 rings (SSSR count). The van der Waals surface area contributed by atoms with Crippen molar-refractivity contribution < 1.29 is 24.4 Å². The van der Waals surface area contributed by atoms with E-state index in [-0.39, 0.29) is 6.42 Å². The van der Waals surface area contributed by atoms with Crippen molar-refractivity contribution in [1.82, 2.24) is 9.55 Å². The van der Waals surface area contributed by atoms with Crippen LogP contribution in [0.15, 0.2) is 11.0 Å². The minimum Gasteiger partial charge on any atom is -0.393 e. The van der Waals surface area contributed by atoms with E-state index in [0.717, 1.165) is 0 Å². The second kappa shape index (κ2) is 6.27. The molecule has 20 heavy (non-hydrogen) atoms. The quantitative estimate of drug-likeness (QED) is 0.507. The van der Waals surface area contributed by atoms with Gasteiger partial charge >= 0.3 is 5.69 Å². The Morgan fingerprint density at radius 1 is 1.60 bits per heavy atom. The molecule has 0 saturated carbocycles. The molecule has 0 radical (unpaired) electrons. The van der Waals surface area contributed by atoms with Crippen molar-refractivity contribution in [2.45, 2.75) is 31.3 Å². The molecule has 0 aliphatic carbocycles. The molecule has 8 nitrogen and oxygen atoms in total. The van der Waals surface area contributed by atoms with Gasteiger partial charge in [-0.1, -0.05) is 6.92 Å². The van der Waals surface area contributed by atoms with Gasteiger partial charge in [-0.2, -0.15) is 4.98 Å². The monoisotopic (exact) mass is 291 g/mol. The van der Waals surface area contributed by atoms with E-state index in [1.165, 1.54) is 7.11 Å². The maximum atomic E-state index is 13.3. The van der Waals surface area contributed by atoms with Gasteiger partial charge in [-0.15, -0.1) is 0 Å². The first kappa shape index (κ1) is 16.5. The zero-order valence-electron chi connectivity index (χ0n) is 11.2. The molecule has 0 aromatic carbocycles. The summed E-state index contributed by atoms with van der Waals surface area (Å²) in [5.74, 6) is -1.62. The summed E-state index contributed by atoms with van der Waals surface area (Å²) in [6.07, 6.45) is -2.74. The maximum absolute atomic E-state index is 13.3. The van der Waals surface area contributed by atoms with Gasteiger partial charge in [-0.25, -0.2) is 9.18 Å². The van der Waals surface area contributed by atoms with Gasteiger partial charge in [0.25, 0.3) is 0 Å². The number of aliphatic hydroxyl groups is 3. The summed E-state index contributed by atoms with van der Waals surface area (Å²) < 4.78 is 18.8. The Morgan fingerprint density at radius 2 is 2.20 bits per heavy atom. The van der Waals surface area contributed by atoms with Gasteiger partial charge in [-0.05, 0) is 6.42 Å². The smallest absolute Gasteiger partial charge is 0.351 e. The third kappa shape index (κ3) is 2.80. The molecule has 1 aromatic rings. The lowest BCUT2D eigenvalue weighted by Crippen LogP contribution is -2.52. The Kier molecular flexibility index (Phi) is 5.17. The SMILES string of the molecule is CC[C@](CO)(OC)[C@@H](O)[C@H](O)n1cc(F)c(N)nc1=O. The number of methoxy groups -OCH3 is 1. The van der Waals surface area contributed by atoms with Crippen LogP contribution in [0.2, 0.25) is 0 Å². The van der Waals surface area contributed by atoms with E-state index < -0.39 is 41.9 Å². The molecule has 0 amide bonds. The van der Waals surface area contributed by atoms with Crippen molar-refractivity contribution in [3.63, 3.8) is 0 Å². The molecule has 0 spiro atoms. The second-order valence-electron chi connectivity index (χ2n) is 4.30. The fourth-order valence-electron chi connectivity index (χ4n) is 1.82. The number of halogens is 1. The number of nitrogens with zero attached hydrogens (tertiary/aromatic N) is 2. The van der Waals surface area contributed by atoms with E-state index in [1.54, 1.807) is 6.92 Å². The minimum atomic E-state index is -1.85. The molecular weight excluding hydrogens is 273 g/mol. The fraction of sp³-hybridized carbons (Fsp3) is 0.636. The maximum Gasteiger partial charge on any atom is 0.351 e. The van der Waals surface area contributed by atoms with Crippen LogP contribution >= 0.6 is 0 Å². The molecule has 0 aliphatic rings. The molecule has 5 N–H and O–H groups in total. The number of hydrogen-bond acceptors (Lipinski definition) is 7. The lowest BCUT2D eigenvalue weighted by molar-refractivity contribution is -0.182. The number of aromatic nitrogens is 2. The Labute approximate surface area is 114 Å². The average molecular weight is 291 g/mol. The molecule has 3 atom stereocenters. The highest BCUT2D eigenvalue weighted by molar-refractivity contribution is 5.26. The van der Waals surface area contributed by atoms with Crippen LogP contribution in [0.25, 0.3) is 0 Å². The van der Waals surface area contributed by atoms with Crippen molar-refractivity contribution in [3.8, 4) is 0 Å². The molecule has 114 valence electrons. The van der Waals surface area contributed by atoms with Crippen molar-refractivity contribution >= 4 is 5.82 Å². The summed E-state index contributed by atoms with van der Waals surface area (Å²) in [4.78, 5) is 14.7. The molecule has 0 unspecified atom stereocenters. The Balaban J connectivity index is 3.21. The highest BCUT2D eigenvalue weighted by Crippen LogP contribution is 2.26. The van der Waals surface area contributed by atoms with Gasteiger partial charge in [0.2, 0.25) is 0 Å². The molecular formula is C11H18FN3O5. The summed E-state index contributed by atoms with van der Waals surface area (Å²) in [6, 6.07) is 0. The van der Waals surface area contributed by atoms with Gasteiger partial charge in [-0.3, -0.25) is 4.57 Å². The van der Waals surface area contributed by atoms with Crippen molar-refractivity contribution in [3.05, 3.63) is 22.5 Å². The first-order valence-electron chi connectivity index (χ1n) is 5.89. The fourth-order valence-corrected chi connectivity index (χ4v) is 1.82. The molecule has 0 fully saturated rings. The van der Waals surface area contributed by atoms with Gasteiger partial charge in [0.15, 0.2) is 17.9 Å². The molecule has 9 heteroatoms. The van der Waals surface area contributed by atoms with Crippen LogP contribution in [-0.2, 0) is 4.74 Å². The number of ether oxygens (including phenoxy) is 1. The van der Waals surface area contributed by atoms with Crippen molar-refractivity contribution in [1.29, 1.82) is 0 Å². The summed E-state index contributed by atoms with van der Waals surface area (Å²) >= 11 is 0. The van der Waals surface area contributed by atoms with Crippen LogP contribution in [0.1, 0.15) is 19.6 Å². The van der Waals surface area contributed by atoms with Gasteiger partial charge in [0, 0.05) is 7.11 Å². The number of hydrogen-bond donors (Lipinski definition) is 4. The first-order valence-corrected chi connectivity index (χ1v) is 5.89. The van der Waals surface area contributed by atoms with E-state index in [9.17, 15) is 24.5 Å². The van der Waals surface area contributed by atoms with Crippen molar-refractivity contribution in [2.24, 2.45) is 0 Å². The third-order valence-corrected chi connectivity index (χ3v) is 3.31. The lowest BCUT2D eigenvalue weighted by Gasteiger charge is -2.36. The number of nitrogen functional groups attached to an aromatic ring is 1. The standard InChI is InChI=1S/C11H18FN3O5/c1-3-11(5-16,20-2)7(17)9(18)15-4-6(12)8(13)14-10(15)19/h4,7,9,16-18H,3,5H2,1-2H3,(H2,13,14,19)/t7-,9-,11+/m0/s1. The normalized spacial score (nSPS) is 17.5. The average Bonchev–Trinajstić information content (AvgIpc) is 2.44. The summed E-state index contributed by atoms with van der Waals surface area (Å²) in [5.41, 5.74) is 2.60. The van der Waals surface area contributed by atoms with Crippen molar-refractivity contribution in [2.75, 3.05) is 19.5 Å². The van der Waals surface area contributed by atoms with Crippen LogP contribution in [0, 0.1) is 5.82 Å². The number of nitrogens with two attached hydrogens (primary N) is 1.